The molecular weight excluding hydrogens is 324 g/mol. The van der Waals surface area contributed by atoms with Gasteiger partial charge in [0.15, 0.2) is 6.10 Å². The molecule has 1 aliphatic heterocycles. The first-order chi connectivity index (χ1) is 12.4. The molecule has 26 heavy (non-hydrogen) atoms. The number of rotatable bonds is 8. The van der Waals surface area contributed by atoms with Crippen LogP contribution in [0.3, 0.4) is 0 Å². The summed E-state index contributed by atoms with van der Waals surface area (Å²) >= 11 is 0. The van der Waals surface area contributed by atoms with Crippen LogP contribution in [0.25, 0.3) is 0 Å². The van der Waals surface area contributed by atoms with E-state index < -0.39 is 6.10 Å². The van der Waals surface area contributed by atoms with Gasteiger partial charge in [0.2, 0.25) is 0 Å². The molecule has 0 spiro atoms. The number of nitrogens with one attached hydrogen (secondary N) is 1. The predicted octanol–water partition coefficient (Wildman–Crippen LogP) is 3.95. The molecule has 1 saturated heterocycles. The molecule has 0 saturated carbocycles. The van der Waals surface area contributed by atoms with E-state index >= 15 is 0 Å². The van der Waals surface area contributed by atoms with Crippen molar-refractivity contribution in [1.82, 2.24) is 10.2 Å². The minimum absolute atomic E-state index is 0.00823. The van der Waals surface area contributed by atoms with E-state index in [1.807, 2.05) is 25.1 Å². The molecule has 4 nitrogen and oxygen atoms in total. The van der Waals surface area contributed by atoms with Gasteiger partial charge in [-0.15, -0.1) is 0 Å². The van der Waals surface area contributed by atoms with Crippen LogP contribution in [0.4, 0.5) is 0 Å². The topological polar surface area (TPSA) is 41.6 Å². The molecule has 1 N–H and O–H groups in total. The summed E-state index contributed by atoms with van der Waals surface area (Å²) in [5.74, 6) is 2.32. The average molecular weight is 361 g/mol. The van der Waals surface area contributed by atoms with Gasteiger partial charge >= 0.3 is 0 Å². The Hall–Kier alpha value is -1.55. The van der Waals surface area contributed by atoms with Crippen molar-refractivity contribution in [2.24, 2.45) is 11.8 Å². The number of benzene rings is 1. The quantitative estimate of drug-likeness (QED) is 0.714. The number of aryl methyl sites for hydroxylation is 2. The minimum Gasteiger partial charge on any atom is -0.481 e. The summed E-state index contributed by atoms with van der Waals surface area (Å²) in [7, 11) is 0. The Kier molecular flexibility index (Phi) is 7.95. The summed E-state index contributed by atoms with van der Waals surface area (Å²) in [6.07, 6.45) is 2.57. The van der Waals surface area contributed by atoms with Crippen LogP contribution in [0.5, 0.6) is 5.75 Å². The lowest BCUT2D eigenvalue weighted by atomic mass is 9.92. The van der Waals surface area contributed by atoms with Gasteiger partial charge in [-0.3, -0.25) is 4.79 Å². The molecule has 0 aliphatic carbocycles. The van der Waals surface area contributed by atoms with E-state index in [9.17, 15) is 4.79 Å². The van der Waals surface area contributed by atoms with Crippen molar-refractivity contribution < 1.29 is 9.53 Å². The lowest BCUT2D eigenvalue weighted by molar-refractivity contribution is -0.128. The number of nitrogens with zero attached hydrogens (tertiary/aromatic N) is 1. The summed E-state index contributed by atoms with van der Waals surface area (Å²) < 4.78 is 5.91. The maximum atomic E-state index is 12.4. The zero-order chi connectivity index (χ0) is 19.1. The summed E-state index contributed by atoms with van der Waals surface area (Å²) in [6.45, 7) is 14.9. The Morgan fingerprint density at radius 2 is 1.92 bits per heavy atom. The highest BCUT2D eigenvalue weighted by Gasteiger charge is 2.22. The highest BCUT2D eigenvalue weighted by atomic mass is 16.5. The normalized spacial score (nSPS) is 22.0. The van der Waals surface area contributed by atoms with Gasteiger partial charge in [-0.2, -0.15) is 0 Å². The number of carbonyl (C=O) groups is 1. The molecule has 146 valence electrons. The third-order valence-electron chi connectivity index (χ3n) is 5.31. The van der Waals surface area contributed by atoms with Crippen molar-refractivity contribution in [3.05, 3.63) is 29.3 Å². The summed E-state index contributed by atoms with van der Waals surface area (Å²) in [6, 6.07) is 5.98. The smallest absolute Gasteiger partial charge is 0.261 e. The maximum Gasteiger partial charge on any atom is 0.261 e. The zero-order valence-electron chi connectivity index (χ0n) is 17.2. The van der Waals surface area contributed by atoms with E-state index in [0.717, 1.165) is 30.6 Å². The van der Waals surface area contributed by atoms with Gasteiger partial charge in [-0.1, -0.05) is 26.8 Å². The van der Waals surface area contributed by atoms with Crippen molar-refractivity contribution in [2.45, 2.75) is 60.0 Å². The van der Waals surface area contributed by atoms with E-state index in [4.69, 9.17) is 4.74 Å². The van der Waals surface area contributed by atoms with E-state index in [1.165, 1.54) is 30.6 Å². The van der Waals surface area contributed by atoms with Crippen molar-refractivity contribution in [3.63, 3.8) is 0 Å². The summed E-state index contributed by atoms with van der Waals surface area (Å²) in [5.41, 5.74) is 2.42. The van der Waals surface area contributed by atoms with Crippen LogP contribution >= 0.6 is 0 Å². The van der Waals surface area contributed by atoms with Gasteiger partial charge < -0.3 is 15.0 Å². The van der Waals surface area contributed by atoms with Crippen molar-refractivity contribution in [3.8, 4) is 5.75 Å². The second kappa shape index (κ2) is 9.96. The number of hydrogen-bond acceptors (Lipinski definition) is 3. The molecule has 0 bridgehead atoms. The number of piperidine rings is 1. The van der Waals surface area contributed by atoms with Crippen LogP contribution in [0.1, 0.15) is 51.2 Å². The zero-order valence-corrected chi connectivity index (χ0v) is 17.2. The maximum absolute atomic E-state index is 12.4. The first-order valence-corrected chi connectivity index (χ1v) is 10.1. The lowest BCUT2D eigenvalue weighted by Crippen LogP contribution is -2.41. The largest absolute Gasteiger partial charge is 0.481 e. The van der Waals surface area contributed by atoms with Crippen molar-refractivity contribution in [1.29, 1.82) is 0 Å². The van der Waals surface area contributed by atoms with Crippen LogP contribution in [-0.2, 0) is 4.79 Å². The van der Waals surface area contributed by atoms with E-state index in [-0.39, 0.29) is 5.91 Å². The molecule has 4 heteroatoms. The molecule has 2 rings (SSSR count). The van der Waals surface area contributed by atoms with Gasteiger partial charge in [-0.05, 0) is 74.8 Å². The highest BCUT2D eigenvalue weighted by molar-refractivity contribution is 5.81. The van der Waals surface area contributed by atoms with Crippen LogP contribution < -0.4 is 10.1 Å². The fourth-order valence-electron chi connectivity index (χ4n) is 3.88. The molecule has 3 unspecified atom stereocenters. The van der Waals surface area contributed by atoms with Gasteiger partial charge in [0.25, 0.3) is 5.91 Å². The molecule has 1 aromatic carbocycles. The molecule has 1 aliphatic rings. The van der Waals surface area contributed by atoms with Crippen LogP contribution in [0, 0.1) is 25.7 Å². The molecular formula is C22H36N2O2. The molecule has 0 aromatic heterocycles. The van der Waals surface area contributed by atoms with Crippen molar-refractivity contribution >= 4 is 5.91 Å². The monoisotopic (exact) mass is 360 g/mol. The van der Waals surface area contributed by atoms with E-state index in [2.05, 4.69) is 37.9 Å². The number of hydrogen-bond donors (Lipinski definition) is 1. The summed E-state index contributed by atoms with van der Waals surface area (Å²) in [5, 5.41) is 3.05. The molecule has 3 atom stereocenters. The summed E-state index contributed by atoms with van der Waals surface area (Å²) in [4.78, 5) is 15.0. The van der Waals surface area contributed by atoms with Crippen LogP contribution in [0.15, 0.2) is 18.2 Å². The Labute approximate surface area is 159 Å². The van der Waals surface area contributed by atoms with Gasteiger partial charge in [-0.25, -0.2) is 0 Å². The minimum atomic E-state index is -0.424. The Bertz CT molecular complexity index is 578. The third-order valence-corrected chi connectivity index (χ3v) is 5.31. The fraction of sp³-hybridized carbons (Fsp3) is 0.682. The second-order valence-electron chi connectivity index (χ2n) is 8.11. The molecule has 1 aromatic rings. The second-order valence-corrected chi connectivity index (χ2v) is 8.11. The molecule has 1 fully saturated rings. The van der Waals surface area contributed by atoms with Crippen LogP contribution in [-0.4, -0.2) is 43.1 Å². The van der Waals surface area contributed by atoms with Gasteiger partial charge in [0, 0.05) is 19.6 Å². The lowest BCUT2D eigenvalue weighted by Gasteiger charge is -2.35. The number of ether oxygens (including phenoxy) is 1. The van der Waals surface area contributed by atoms with E-state index in [1.54, 1.807) is 0 Å². The predicted molar refractivity (Wildman–Crippen MR) is 108 cm³/mol. The highest BCUT2D eigenvalue weighted by Crippen LogP contribution is 2.21. The Morgan fingerprint density at radius 1 is 1.23 bits per heavy atom. The van der Waals surface area contributed by atoms with E-state index in [0.29, 0.717) is 13.0 Å². The average Bonchev–Trinajstić information content (AvgIpc) is 2.58. The standard InChI is InChI=1S/C22H36N2O2/c1-6-21(26-20-9-8-18(4)19(5)13-20)22(25)23-10-7-11-24-14-16(2)12-17(3)15-24/h8-9,13,16-17,21H,6-7,10-12,14-15H2,1-5H3,(H,23,25). The van der Waals surface area contributed by atoms with Crippen LogP contribution in [0.2, 0.25) is 0 Å². The Morgan fingerprint density at radius 3 is 2.54 bits per heavy atom. The molecule has 0 radical (unpaired) electrons. The number of amides is 1. The number of likely N-dealkylation sites (tertiary alicyclic amines) is 1. The third kappa shape index (κ3) is 6.31. The molecule has 1 heterocycles. The van der Waals surface area contributed by atoms with Gasteiger partial charge in [0.1, 0.15) is 5.75 Å². The van der Waals surface area contributed by atoms with Crippen molar-refractivity contribution in [2.75, 3.05) is 26.2 Å². The first-order valence-electron chi connectivity index (χ1n) is 10.1. The first kappa shape index (κ1) is 20.8. The molecule has 1 amide bonds. The number of carbonyl (C=O) groups excluding carboxylic acids is 1. The van der Waals surface area contributed by atoms with Gasteiger partial charge in [0.05, 0.1) is 0 Å². The SMILES string of the molecule is CCC(Oc1ccc(C)c(C)c1)C(=O)NCCCN1CC(C)CC(C)C1. The fourth-order valence-corrected chi connectivity index (χ4v) is 3.88. The Balaban J connectivity index is 1.73.